The van der Waals surface area contributed by atoms with Crippen molar-refractivity contribution in [1.82, 2.24) is 10.2 Å². The number of nitriles is 1. The molecule has 3 unspecified atom stereocenters. The van der Waals surface area contributed by atoms with E-state index in [-0.39, 0.29) is 0 Å². The lowest BCUT2D eigenvalue weighted by molar-refractivity contribution is 0.0992. The van der Waals surface area contributed by atoms with Crippen LogP contribution in [0.15, 0.2) is 0 Å². The third kappa shape index (κ3) is 3.95. The molecule has 1 aliphatic rings. The van der Waals surface area contributed by atoms with Crippen LogP contribution >= 0.6 is 0 Å². The Morgan fingerprint density at radius 2 is 2.35 bits per heavy atom. The second-order valence-electron chi connectivity index (χ2n) is 5.17. The molecule has 1 rings (SSSR count). The average molecular weight is 239 g/mol. The maximum absolute atomic E-state index is 9.25. The molecule has 0 radical (unpaired) electrons. The van der Waals surface area contributed by atoms with Gasteiger partial charge in [0, 0.05) is 26.2 Å². The van der Waals surface area contributed by atoms with Gasteiger partial charge in [0.05, 0.1) is 12.2 Å². The Hall–Kier alpha value is -0.630. The van der Waals surface area contributed by atoms with Crippen molar-refractivity contribution in [1.29, 1.82) is 5.26 Å². The molecule has 0 amide bonds. The lowest BCUT2D eigenvalue weighted by atomic mass is 9.94. The zero-order chi connectivity index (χ0) is 12.9. The molecule has 17 heavy (non-hydrogen) atoms. The largest absolute Gasteiger partial charge is 0.380 e. The summed E-state index contributed by atoms with van der Waals surface area (Å²) in [4.78, 5) is 2.42. The summed E-state index contributed by atoms with van der Waals surface area (Å²) in [6, 6.07) is 2.81. The average Bonchev–Trinajstić information content (AvgIpc) is 2.78. The molecule has 0 aromatic rings. The molecule has 0 aromatic carbocycles. The Balaban J connectivity index is 2.48. The maximum atomic E-state index is 9.25. The SMILES string of the molecule is CCNC(C)(C#N)CC(C)N1CCC(OC)C1. The first kappa shape index (κ1) is 14.4. The van der Waals surface area contributed by atoms with Gasteiger partial charge in [0.1, 0.15) is 5.54 Å². The predicted octanol–water partition coefficient (Wildman–Crippen LogP) is 1.38. The first-order valence-corrected chi connectivity index (χ1v) is 6.47. The van der Waals surface area contributed by atoms with Gasteiger partial charge in [0.2, 0.25) is 0 Å². The van der Waals surface area contributed by atoms with Crippen molar-refractivity contribution in [3.63, 3.8) is 0 Å². The third-order valence-corrected chi connectivity index (χ3v) is 3.65. The number of methoxy groups -OCH3 is 1. The minimum absolute atomic E-state index is 0.366. The molecule has 1 N–H and O–H groups in total. The molecule has 4 nitrogen and oxygen atoms in total. The van der Waals surface area contributed by atoms with Crippen molar-refractivity contribution in [2.75, 3.05) is 26.7 Å². The minimum atomic E-state index is -0.417. The molecule has 0 aromatic heterocycles. The first-order chi connectivity index (χ1) is 8.04. The Bertz CT molecular complexity index is 276. The molecular formula is C13H25N3O. The minimum Gasteiger partial charge on any atom is -0.380 e. The van der Waals surface area contributed by atoms with E-state index >= 15 is 0 Å². The van der Waals surface area contributed by atoms with Crippen molar-refractivity contribution in [3.05, 3.63) is 0 Å². The fourth-order valence-corrected chi connectivity index (χ4v) is 2.61. The van der Waals surface area contributed by atoms with Crippen LogP contribution < -0.4 is 5.32 Å². The van der Waals surface area contributed by atoms with E-state index in [9.17, 15) is 5.26 Å². The van der Waals surface area contributed by atoms with E-state index in [0.29, 0.717) is 12.1 Å². The van der Waals surface area contributed by atoms with Gasteiger partial charge in [0.15, 0.2) is 0 Å². The van der Waals surface area contributed by atoms with Crippen LogP contribution in [-0.4, -0.2) is 49.3 Å². The summed E-state index contributed by atoms with van der Waals surface area (Å²) >= 11 is 0. The Labute approximate surface area is 105 Å². The highest BCUT2D eigenvalue weighted by Crippen LogP contribution is 2.21. The van der Waals surface area contributed by atoms with Gasteiger partial charge < -0.3 is 4.74 Å². The highest BCUT2D eigenvalue weighted by atomic mass is 16.5. The molecule has 4 heteroatoms. The molecule has 3 atom stereocenters. The van der Waals surface area contributed by atoms with Gasteiger partial charge in [-0.3, -0.25) is 10.2 Å². The molecule has 0 bridgehead atoms. The van der Waals surface area contributed by atoms with Crippen LogP contribution in [0.4, 0.5) is 0 Å². The number of hydrogen-bond acceptors (Lipinski definition) is 4. The normalized spacial score (nSPS) is 26.4. The van der Waals surface area contributed by atoms with Gasteiger partial charge in [-0.2, -0.15) is 5.26 Å². The topological polar surface area (TPSA) is 48.3 Å². The molecule has 1 fully saturated rings. The van der Waals surface area contributed by atoms with Gasteiger partial charge in [-0.15, -0.1) is 0 Å². The summed E-state index contributed by atoms with van der Waals surface area (Å²) in [5.74, 6) is 0. The molecule has 98 valence electrons. The Morgan fingerprint density at radius 1 is 1.65 bits per heavy atom. The molecule has 0 aliphatic carbocycles. The number of nitrogens with one attached hydrogen (secondary N) is 1. The third-order valence-electron chi connectivity index (χ3n) is 3.65. The first-order valence-electron chi connectivity index (χ1n) is 6.47. The van der Waals surface area contributed by atoms with Crippen LogP contribution in [0, 0.1) is 11.3 Å². The monoisotopic (exact) mass is 239 g/mol. The van der Waals surface area contributed by atoms with Gasteiger partial charge in [-0.05, 0) is 33.2 Å². The predicted molar refractivity (Wildman–Crippen MR) is 68.8 cm³/mol. The second-order valence-corrected chi connectivity index (χ2v) is 5.17. The van der Waals surface area contributed by atoms with E-state index < -0.39 is 5.54 Å². The number of nitrogens with zero attached hydrogens (tertiary/aromatic N) is 2. The van der Waals surface area contributed by atoms with Crippen LogP contribution in [0.25, 0.3) is 0 Å². The van der Waals surface area contributed by atoms with Crippen molar-refractivity contribution < 1.29 is 4.74 Å². The highest BCUT2D eigenvalue weighted by molar-refractivity contribution is 5.05. The van der Waals surface area contributed by atoms with E-state index in [1.54, 1.807) is 7.11 Å². The smallest absolute Gasteiger partial charge is 0.105 e. The number of hydrogen-bond donors (Lipinski definition) is 1. The molecule has 0 saturated carbocycles. The fraction of sp³-hybridized carbons (Fsp3) is 0.923. The fourth-order valence-electron chi connectivity index (χ4n) is 2.61. The summed E-state index contributed by atoms with van der Waals surface area (Å²) in [5, 5.41) is 12.5. The van der Waals surface area contributed by atoms with Crippen LogP contribution in [0.3, 0.4) is 0 Å². The van der Waals surface area contributed by atoms with Gasteiger partial charge >= 0.3 is 0 Å². The summed E-state index contributed by atoms with van der Waals surface area (Å²) in [7, 11) is 1.77. The van der Waals surface area contributed by atoms with Gasteiger partial charge in [-0.1, -0.05) is 6.92 Å². The summed E-state index contributed by atoms with van der Waals surface area (Å²) in [5.41, 5.74) is -0.417. The summed E-state index contributed by atoms with van der Waals surface area (Å²) in [6.07, 6.45) is 2.32. The van der Waals surface area contributed by atoms with E-state index in [4.69, 9.17) is 4.74 Å². The Kier molecular flexibility index (Phi) is 5.38. The van der Waals surface area contributed by atoms with Crippen molar-refractivity contribution in [2.24, 2.45) is 0 Å². The van der Waals surface area contributed by atoms with Gasteiger partial charge in [-0.25, -0.2) is 0 Å². The lowest BCUT2D eigenvalue weighted by Crippen LogP contribution is -2.46. The standard InChI is InChI=1S/C13H25N3O/c1-5-15-13(3,10-14)8-11(2)16-7-6-12(9-16)17-4/h11-12,15H,5-9H2,1-4H3. The zero-order valence-corrected chi connectivity index (χ0v) is 11.5. The zero-order valence-electron chi connectivity index (χ0n) is 11.5. The van der Waals surface area contributed by atoms with E-state index in [1.165, 1.54) is 0 Å². The maximum Gasteiger partial charge on any atom is 0.105 e. The molecule has 0 spiro atoms. The van der Waals surface area contributed by atoms with E-state index in [0.717, 1.165) is 32.5 Å². The quantitative estimate of drug-likeness (QED) is 0.760. The van der Waals surface area contributed by atoms with E-state index in [2.05, 4.69) is 23.2 Å². The number of ether oxygens (including phenoxy) is 1. The van der Waals surface area contributed by atoms with Crippen molar-refractivity contribution in [3.8, 4) is 6.07 Å². The molecular weight excluding hydrogens is 214 g/mol. The molecule has 1 aliphatic heterocycles. The van der Waals surface area contributed by atoms with Crippen molar-refractivity contribution in [2.45, 2.75) is 51.3 Å². The molecule has 1 heterocycles. The Morgan fingerprint density at radius 3 is 2.82 bits per heavy atom. The van der Waals surface area contributed by atoms with Crippen LogP contribution in [0.5, 0.6) is 0 Å². The van der Waals surface area contributed by atoms with E-state index in [1.807, 2.05) is 13.8 Å². The summed E-state index contributed by atoms with van der Waals surface area (Å²) in [6.45, 7) is 9.12. The molecule has 1 saturated heterocycles. The second kappa shape index (κ2) is 6.34. The van der Waals surface area contributed by atoms with Crippen LogP contribution in [0.2, 0.25) is 0 Å². The van der Waals surface area contributed by atoms with Crippen molar-refractivity contribution >= 4 is 0 Å². The summed E-state index contributed by atoms with van der Waals surface area (Å²) < 4.78 is 5.37. The lowest BCUT2D eigenvalue weighted by Gasteiger charge is -2.31. The highest BCUT2D eigenvalue weighted by Gasteiger charge is 2.31. The number of rotatable bonds is 6. The van der Waals surface area contributed by atoms with Gasteiger partial charge in [0.25, 0.3) is 0 Å². The van der Waals surface area contributed by atoms with Crippen LogP contribution in [-0.2, 0) is 4.74 Å². The number of likely N-dealkylation sites (tertiary alicyclic amines) is 1. The van der Waals surface area contributed by atoms with Crippen LogP contribution in [0.1, 0.15) is 33.6 Å².